The Bertz CT molecular complexity index is 768. The molecule has 2 heterocycles. The van der Waals surface area contributed by atoms with Gasteiger partial charge in [-0.3, -0.25) is 9.88 Å². The fourth-order valence-electron chi connectivity index (χ4n) is 3.18. The number of pyridine rings is 1. The molecule has 25 heavy (non-hydrogen) atoms. The molecule has 1 saturated heterocycles. The maximum Gasteiger partial charge on any atom is 0.319 e. The number of aromatic nitrogens is 1. The summed E-state index contributed by atoms with van der Waals surface area (Å²) in [5.41, 5.74) is 1.35. The van der Waals surface area contributed by atoms with Gasteiger partial charge in [0.2, 0.25) is 0 Å². The molecule has 0 radical (unpaired) electrons. The number of carbonyl (C=O) groups excluding carboxylic acids is 1. The summed E-state index contributed by atoms with van der Waals surface area (Å²) in [7, 11) is 1.68. The van der Waals surface area contributed by atoms with Gasteiger partial charge >= 0.3 is 6.03 Å². The van der Waals surface area contributed by atoms with Gasteiger partial charge in [0.1, 0.15) is 0 Å². The highest BCUT2D eigenvalue weighted by molar-refractivity contribution is 6.35. The number of ether oxygens (including phenoxy) is 1. The Kier molecular flexibility index (Phi) is 5.42. The first-order valence-electron chi connectivity index (χ1n) is 8.37. The number of urea groups is 1. The molecule has 2 amide bonds. The van der Waals surface area contributed by atoms with Crippen LogP contribution in [-0.4, -0.2) is 54.3 Å². The predicted octanol–water partition coefficient (Wildman–Crippen LogP) is 3.12. The number of hydrogen-bond donors (Lipinski definition) is 2. The number of halogens is 1. The third-order valence-corrected chi connectivity index (χ3v) is 4.92. The van der Waals surface area contributed by atoms with Crippen molar-refractivity contribution in [2.45, 2.75) is 32.0 Å². The number of nitrogens with zero attached hydrogens (tertiary/aromatic N) is 2. The number of carbonyl (C=O) groups is 1. The minimum absolute atomic E-state index is 0.0169. The van der Waals surface area contributed by atoms with Crippen molar-refractivity contribution < 1.29 is 9.53 Å². The van der Waals surface area contributed by atoms with Gasteiger partial charge in [0.05, 0.1) is 28.4 Å². The Morgan fingerprint density at radius 2 is 2.16 bits per heavy atom. The average molecular weight is 363 g/mol. The molecular weight excluding hydrogens is 340 g/mol. The van der Waals surface area contributed by atoms with E-state index < -0.39 is 0 Å². The second-order valence-electron chi connectivity index (χ2n) is 6.52. The average Bonchev–Trinajstić information content (AvgIpc) is 3.01. The Morgan fingerprint density at radius 3 is 2.88 bits per heavy atom. The molecule has 2 N–H and O–H groups in total. The van der Waals surface area contributed by atoms with E-state index in [4.69, 9.17) is 16.3 Å². The van der Waals surface area contributed by atoms with Crippen molar-refractivity contribution >= 4 is 34.2 Å². The van der Waals surface area contributed by atoms with E-state index in [-0.39, 0.29) is 18.2 Å². The van der Waals surface area contributed by atoms with E-state index in [1.54, 1.807) is 25.4 Å². The minimum atomic E-state index is -0.259. The Labute approximate surface area is 152 Å². The molecule has 1 aliphatic heterocycles. The number of likely N-dealkylation sites (tertiary alicyclic amines) is 1. The lowest BCUT2D eigenvalue weighted by Crippen LogP contribution is -2.45. The van der Waals surface area contributed by atoms with Gasteiger partial charge in [-0.05, 0) is 38.1 Å². The van der Waals surface area contributed by atoms with E-state index in [0.29, 0.717) is 22.3 Å². The summed E-state index contributed by atoms with van der Waals surface area (Å²) in [5, 5.41) is 7.30. The zero-order chi connectivity index (χ0) is 18.0. The van der Waals surface area contributed by atoms with Gasteiger partial charge in [0.25, 0.3) is 0 Å². The fraction of sp³-hybridized carbons (Fsp3) is 0.444. The Morgan fingerprint density at radius 1 is 1.36 bits per heavy atom. The normalized spacial score (nSPS) is 21.0. The van der Waals surface area contributed by atoms with E-state index >= 15 is 0 Å². The molecule has 134 valence electrons. The van der Waals surface area contributed by atoms with Crippen LogP contribution in [0.1, 0.15) is 13.8 Å². The maximum absolute atomic E-state index is 12.5. The van der Waals surface area contributed by atoms with Gasteiger partial charge in [0.15, 0.2) is 0 Å². The largest absolute Gasteiger partial charge is 0.378 e. The van der Waals surface area contributed by atoms with Gasteiger partial charge in [0, 0.05) is 37.8 Å². The van der Waals surface area contributed by atoms with E-state index in [1.165, 1.54) is 0 Å². The van der Waals surface area contributed by atoms with Crippen LogP contribution >= 0.6 is 11.6 Å². The summed E-state index contributed by atoms with van der Waals surface area (Å²) >= 11 is 6.17. The molecule has 0 aliphatic carbocycles. The van der Waals surface area contributed by atoms with Crippen molar-refractivity contribution in [3.63, 3.8) is 0 Å². The number of nitrogens with one attached hydrogen (secondary N) is 2. The van der Waals surface area contributed by atoms with Crippen molar-refractivity contribution in [2.24, 2.45) is 0 Å². The number of hydrogen-bond acceptors (Lipinski definition) is 4. The van der Waals surface area contributed by atoms with Crippen molar-refractivity contribution in [2.75, 3.05) is 25.5 Å². The molecule has 0 spiro atoms. The smallest absolute Gasteiger partial charge is 0.319 e. The van der Waals surface area contributed by atoms with Crippen LogP contribution in [0.2, 0.25) is 5.02 Å². The number of anilines is 1. The van der Waals surface area contributed by atoms with Gasteiger partial charge in [-0.1, -0.05) is 11.6 Å². The third kappa shape index (κ3) is 3.86. The summed E-state index contributed by atoms with van der Waals surface area (Å²) in [6.45, 7) is 5.86. The lowest BCUT2D eigenvalue weighted by atomic mass is 10.2. The topological polar surface area (TPSA) is 66.5 Å². The van der Waals surface area contributed by atoms with Crippen LogP contribution in [0.15, 0.2) is 30.5 Å². The van der Waals surface area contributed by atoms with Crippen LogP contribution in [-0.2, 0) is 4.74 Å². The first-order chi connectivity index (χ1) is 12.0. The number of benzene rings is 1. The van der Waals surface area contributed by atoms with Crippen LogP contribution in [0, 0.1) is 0 Å². The molecule has 0 saturated carbocycles. The molecule has 1 aliphatic rings. The predicted molar refractivity (Wildman–Crippen MR) is 100 cm³/mol. The second-order valence-corrected chi connectivity index (χ2v) is 6.93. The van der Waals surface area contributed by atoms with Gasteiger partial charge in [-0.25, -0.2) is 4.79 Å². The zero-order valence-electron chi connectivity index (χ0n) is 14.6. The summed E-state index contributed by atoms with van der Waals surface area (Å²) in [5.74, 6) is 0. The highest BCUT2D eigenvalue weighted by Crippen LogP contribution is 2.28. The van der Waals surface area contributed by atoms with E-state index in [0.717, 1.165) is 18.5 Å². The van der Waals surface area contributed by atoms with Gasteiger partial charge < -0.3 is 15.4 Å². The van der Waals surface area contributed by atoms with Crippen molar-refractivity contribution in [1.29, 1.82) is 0 Å². The van der Waals surface area contributed by atoms with Crippen LogP contribution in [0.3, 0.4) is 0 Å². The molecule has 0 bridgehead atoms. The summed E-state index contributed by atoms with van der Waals surface area (Å²) in [4.78, 5) is 19.1. The Hall–Kier alpha value is -1.89. The highest BCUT2D eigenvalue weighted by Gasteiger charge is 2.35. The minimum Gasteiger partial charge on any atom is -0.378 e. The standard InChI is InChI=1S/C18H23ClN4O2/c1-11(2)23-9-15(16(10-23)25-3)22-18(24)21-14-7-6-13(19)17-12(14)5-4-8-20-17/h4-8,11,15-16H,9-10H2,1-3H3,(H2,21,22,24)/t15-,16-/m1/s1. The van der Waals surface area contributed by atoms with Crippen LogP contribution < -0.4 is 10.6 Å². The summed E-state index contributed by atoms with van der Waals surface area (Å²) in [6.07, 6.45) is 1.66. The van der Waals surface area contributed by atoms with Crippen LogP contribution in [0.5, 0.6) is 0 Å². The molecule has 1 aromatic heterocycles. The van der Waals surface area contributed by atoms with Crippen LogP contribution in [0.4, 0.5) is 10.5 Å². The second kappa shape index (κ2) is 7.56. The van der Waals surface area contributed by atoms with Gasteiger partial charge in [-0.15, -0.1) is 0 Å². The molecule has 1 fully saturated rings. The number of rotatable bonds is 4. The molecule has 2 aromatic rings. The van der Waals surface area contributed by atoms with Crippen molar-refractivity contribution in [3.8, 4) is 0 Å². The fourth-order valence-corrected chi connectivity index (χ4v) is 3.39. The number of methoxy groups -OCH3 is 1. The molecule has 3 rings (SSSR count). The molecule has 1 aromatic carbocycles. The van der Waals surface area contributed by atoms with Crippen molar-refractivity contribution in [3.05, 3.63) is 35.5 Å². The Balaban J connectivity index is 1.72. The highest BCUT2D eigenvalue weighted by atomic mass is 35.5. The third-order valence-electron chi connectivity index (χ3n) is 4.61. The van der Waals surface area contributed by atoms with Crippen molar-refractivity contribution in [1.82, 2.24) is 15.2 Å². The molecular formula is C18H23ClN4O2. The van der Waals surface area contributed by atoms with Crippen LogP contribution in [0.25, 0.3) is 10.9 Å². The lowest BCUT2D eigenvalue weighted by Gasteiger charge is -2.20. The number of fused-ring (bicyclic) bond motifs is 1. The van der Waals surface area contributed by atoms with Gasteiger partial charge in [-0.2, -0.15) is 0 Å². The monoisotopic (exact) mass is 362 g/mol. The zero-order valence-corrected chi connectivity index (χ0v) is 15.4. The first-order valence-corrected chi connectivity index (χ1v) is 8.75. The lowest BCUT2D eigenvalue weighted by molar-refractivity contribution is 0.0896. The molecule has 0 unspecified atom stereocenters. The maximum atomic E-state index is 12.5. The quantitative estimate of drug-likeness (QED) is 0.877. The number of amides is 2. The van der Waals surface area contributed by atoms with E-state index in [9.17, 15) is 4.79 Å². The molecule has 6 nitrogen and oxygen atoms in total. The molecule has 2 atom stereocenters. The van der Waals surface area contributed by atoms with E-state index in [2.05, 4.69) is 34.4 Å². The molecule has 7 heteroatoms. The SMILES string of the molecule is CO[C@@H]1CN(C(C)C)C[C@H]1NC(=O)Nc1ccc(Cl)c2ncccc12. The van der Waals surface area contributed by atoms with E-state index in [1.807, 2.05) is 12.1 Å². The first kappa shape index (κ1) is 17.9. The summed E-state index contributed by atoms with van der Waals surface area (Å²) in [6, 6.07) is 7.33. The summed E-state index contributed by atoms with van der Waals surface area (Å²) < 4.78 is 5.53.